The maximum absolute atomic E-state index is 12.7. The Morgan fingerprint density at radius 1 is 1.24 bits per heavy atom. The molecule has 0 radical (unpaired) electrons. The quantitative estimate of drug-likeness (QED) is 0.696. The van der Waals surface area contributed by atoms with Gasteiger partial charge in [-0.25, -0.2) is 13.4 Å². The number of aromatic nitrogens is 4. The fraction of sp³-hybridized carbons (Fsp3) is 0.368. The molecule has 0 saturated carbocycles. The second-order valence-corrected chi connectivity index (χ2v) is 9.10. The van der Waals surface area contributed by atoms with E-state index in [1.807, 2.05) is 20.0 Å². The average Bonchev–Trinajstić information content (AvgIpc) is 3.02. The average molecular weight is 414 g/mol. The molecule has 3 aromatic rings. The van der Waals surface area contributed by atoms with Crippen LogP contribution in [0.2, 0.25) is 0 Å². The molecular weight excluding hydrogens is 392 g/mol. The van der Waals surface area contributed by atoms with Crippen LogP contribution >= 0.6 is 0 Å². The van der Waals surface area contributed by atoms with Crippen molar-refractivity contribution in [2.75, 3.05) is 18.4 Å². The van der Waals surface area contributed by atoms with E-state index in [1.165, 1.54) is 22.8 Å². The van der Waals surface area contributed by atoms with Crippen molar-refractivity contribution in [3.63, 3.8) is 0 Å². The molecule has 1 aliphatic rings. The largest absolute Gasteiger partial charge is 0.324 e. The summed E-state index contributed by atoms with van der Waals surface area (Å²) >= 11 is 0. The fourth-order valence-corrected chi connectivity index (χ4v) is 5.06. The normalized spacial score (nSPS) is 16.2. The van der Waals surface area contributed by atoms with Crippen molar-refractivity contribution in [2.45, 2.75) is 24.7 Å². The molecule has 1 N–H and O–H groups in total. The summed E-state index contributed by atoms with van der Waals surface area (Å²) in [7, 11) is -1.75. The predicted octanol–water partition coefficient (Wildman–Crippen LogP) is 1.71. The first-order valence-electron chi connectivity index (χ1n) is 9.36. The molecule has 29 heavy (non-hydrogen) atoms. The SMILES string of the molecule is Cc1nn(C)c2ncc(NC(=O)C3CCN(S(=O)(=O)c4cccnc4)CC3)cc12. The maximum atomic E-state index is 12.7. The number of hydrogen-bond donors (Lipinski definition) is 1. The van der Waals surface area contributed by atoms with Gasteiger partial charge in [0.05, 0.1) is 17.6 Å². The first-order chi connectivity index (χ1) is 13.9. The molecule has 0 atom stereocenters. The number of sulfonamides is 1. The smallest absolute Gasteiger partial charge is 0.244 e. The lowest BCUT2D eigenvalue weighted by atomic mass is 9.97. The van der Waals surface area contributed by atoms with Crippen LogP contribution in [0.4, 0.5) is 5.69 Å². The van der Waals surface area contributed by atoms with Gasteiger partial charge in [-0.1, -0.05) is 0 Å². The zero-order valence-electron chi connectivity index (χ0n) is 16.2. The van der Waals surface area contributed by atoms with Crippen molar-refractivity contribution in [3.8, 4) is 0 Å². The van der Waals surface area contributed by atoms with E-state index in [0.29, 0.717) is 31.6 Å². The number of hydrogen-bond acceptors (Lipinski definition) is 6. The van der Waals surface area contributed by atoms with Crippen molar-refractivity contribution >= 4 is 32.7 Å². The Labute approximate surface area is 168 Å². The van der Waals surface area contributed by atoms with E-state index in [1.54, 1.807) is 16.9 Å². The van der Waals surface area contributed by atoms with E-state index < -0.39 is 10.0 Å². The number of nitrogens with zero attached hydrogens (tertiary/aromatic N) is 5. The molecule has 0 aliphatic carbocycles. The van der Waals surface area contributed by atoms with Crippen LogP contribution in [-0.4, -0.2) is 51.5 Å². The highest BCUT2D eigenvalue weighted by atomic mass is 32.2. The Kier molecular flexibility index (Phi) is 5.05. The molecule has 4 rings (SSSR count). The van der Waals surface area contributed by atoms with Crippen LogP contribution in [0.3, 0.4) is 0 Å². The van der Waals surface area contributed by atoms with Crippen molar-refractivity contribution in [3.05, 3.63) is 42.5 Å². The summed E-state index contributed by atoms with van der Waals surface area (Å²) in [5, 5.41) is 8.13. The lowest BCUT2D eigenvalue weighted by Crippen LogP contribution is -2.41. The van der Waals surface area contributed by atoms with Crippen LogP contribution in [0, 0.1) is 12.8 Å². The summed E-state index contributed by atoms with van der Waals surface area (Å²) in [6.07, 6.45) is 5.43. The third-order valence-corrected chi connectivity index (χ3v) is 7.11. The monoisotopic (exact) mass is 414 g/mol. The number of amides is 1. The molecule has 1 fully saturated rings. The van der Waals surface area contributed by atoms with Gasteiger partial charge in [-0.15, -0.1) is 0 Å². The number of carbonyl (C=O) groups excluding carboxylic acids is 1. The van der Waals surface area contributed by atoms with E-state index in [0.717, 1.165) is 16.7 Å². The van der Waals surface area contributed by atoms with Crippen LogP contribution < -0.4 is 5.32 Å². The summed E-state index contributed by atoms with van der Waals surface area (Å²) < 4.78 is 28.5. The van der Waals surface area contributed by atoms with Crippen LogP contribution in [0.25, 0.3) is 11.0 Å². The molecule has 1 saturated heterocycles. The summed E-state index contributed by atoms with van der Waals surface area (Å²) in [4.78, 5) is 21.1. The van der Waals surface area contributed by atoms with Crippen LogP contribution in [0.1, 0.15) is 18.5 Å². The zero-order valence-corrected chi connectivity index (χ0v) is 17.1. The Morgan fingerprint density at radius 2 is 2.00 bits per heavy atom. The van der Waals surface area contributed by atoms with Gasteiger partial charge in [0, 0.05) is 43.8 Å². The highest BCUT2D eigenvalue weighted by molar-refractivity contribution is 7.89. The van der Waals surface area contributed by atoms with E-state index in [2.05, 4.69) is 20.4 Å². The van der Waals surface area contributed by atoms with E-state index in [9.17, 15) is 13.2 Å². The zero-order chi connectivity index (χ0) is 20.6. The van der Waals surface area contributed by atoms with Crippen LogP contribution in [-0.2, 0) is 21.9 Å². The number of anilines is 1. The third kappa shape index (κ3) is 3.73. The number of piperidine rings is 1. The number of fused-ring (bicyclic) bond motifs is 1. The minimum Gasteiger partial charge on any atom is -0.324 e. The third-order valence-electron chi connectivity index (χ3n) is 5.23. The Morgan fingerprint density at radius 3 is 2.69 bits per heavy atom. The van der Waals surface area contributed by atoms with E-state index >= 15 is 0 Å². The van der Waals surface area contributed by atoms with Gasteiger partial charge in [0.1, 0.15) is 4.90 Å². The summed E-state index contributed by atoms with van der Waals surface area (Å²) in [5.41, 5.74) is 2.22. The molecule has 0 bridgehead atoms. The fourth-order valence-electron chi connectivity index (χ4n) is 3.63. The van der Waals surface area contributed by atoms with Crippen LogP contribution in [0.15, 0.2) is 41.7 Å². The number of nitrogens with one attached hydrogen (secondary N) is 1. The van der Waals surface area contributed by atoms with Gasteiger partial charge in [-0.05, 0) is 38.0 Å². The summed E-state index contributed by atoms with van der Waals surface area (Å²) in [6.45, 7) is 2.50. The molecule has 1 amide bonds. The first-order valence-corrected chi connectivity index (χ1v) is 10.8. The highest BCUT2D eigenvalue weighted by Gasteiger charge is 2.32. The second-order valence-electron chi connectivity index (χ2n) is 7.16. The molecule has 0 unspecified atom stereocenters. The van der Waals surface area contributed by atoms with Gasteiger partial charge in [0.2, 0.25) is 15.9 Å². The molecule has 9 nitrogen and oxygen atoms in total. The molecule has 0 spiro atoms. The lowest BCUT2D eigenvalue weighted by molar-refractivity contribution is -0.120. The standard InChI is InChI=1S/C19H22N6O3S/c1-13-17-10-15(11-21-18(17)24(2)23-13)22-19(26)14-5-8-25(9-6-14)29(27,28)16-4-3-7-20-12-16/h3-4,7,10-12,14H,5-6,8-9H2,1-2H3,(H,22,26). The van der Waals surface area contributed by atoms with Crippen molar-refractivity contribution in [1.29, 1.82) is 0 Å². The number of aryl methyl sites for hydroxylation is 2. The molecule has 1 aliphatic heterocycles. The summed E-state index contributed by atoms with van der Waals surface area (Å²) in [5.74, 6) is -0.368. The van der Waals surface area contributed by atoms with Gasteiger partial charge in [0.15, 0.2) is 5.65 Å². The Hall–Kier alpha value is -2.85. The van der Waals surface area contributed by atoms with Crippen molar-refractivity contribution in [1.82, 2.24) is 24.1 Å². The molecule has 0 aromatic carbocycles. The molecule has 10 heteroatoms. The van der Waals surface area contributed by atoms with E-state index in [-0.39, 0.29) is 16.7 Å². The Bertz CT molecular complexity index is 1150. The molecule has 4 heterocycles. The maximum Gasteiger partial charge on any atom is 0.244 e. The van der Waals surface area contributed by atoms with Gasteiger partial charge < -0.3 is 5.32 Å². The Balaban J connectivity index is 1.41. The number of pyridine rings is 2. The first kappa shape index (κ1) is 19.5. The van der Waals surface area contributed by atoms with Gasteiger partial charge >= 0.3 is 0 Å². The van der Waals surface area contributed by atoms with Crippen LogP contribution in [0.5, 0.6) is 0 Å². The van der Waals surface area contributed by atoms with Gasteiger partial charge in [-0.3, -0.25) is 14.5 Å². The minimum absolute atomic E-state index is 0.119. The van der Waals surface area contributed by atoms with Gasteiger partial charge in [0.25, 0.3) is 0 Å². The lowest BCUT2D eigenvalue weighted by Gasteiger charge is -2.30. The van der Waals surface area contributed by atoms with E-state index in [4.69, 9.17) is 0 Å². The molecule has 152 valence electrons. The van der Waals surface area contributed by atoms with Gasteiger partial charge in [-0.2, -0.15) is 9.40 Å². The second kappa shape index (κ2) is 7.53. The molecular formula is C19H22N6O3S. The molecule has 3 aromatic heterocycles. The number of rotatable bonds is 4. The predicted molar refractivity (Wildman–Crippen MR) is 108 cm³/mol. The summed E-state index contributed by atoms with van der Waals surface area (Å²) in [6, 6.07) is 5.00. The minimum atomic E-state index is -3.58. The topological polar surface area (TPSA) is 110 Å². The van der Waals surface area contributed by atoms with Crippen molar-refractivity contribution < 1.29 is 13.2 Å². The highest BCUT2D eigenvalue weighted by Crippen LogP contribution is 2.25. The number of carbonyl (C=O) groups is 1. The van der Waals surface area contributed by atoms with Crippen molar-refractivity contribution in [2.24, 2.45) is 13.0 Å².